The van der Waals surface area contributed by atoms with Crippen LogP contribution in [-0.4, -0.2) is 37.6 Å². The van der Waals surface area contributed by atoms with Crippen LogP contribution in [0.3, 0.4) is 0 Å². The molecule has 1 N–H and O–H groups in total. The number of carbonyl (C=O) groups excluding carboxylic acids is 1. The summed E-state index contributed by atoms with van der Waals surface area (Å²) in [5, 5.41) is 3.32. The number of nitrogens with zero attached hydrogens (tertiary/aromatic N) is 1. The molecule has 4 rings (SSSR count). The highest BCUT2D eigenvalue weighted by atomic mass is 16.5. The molecule has 3 fully saturated rings. The molecular formula is C22H32N2O2. The van der Waals surface area contributed by atoms with Crippen LogP contribution in [0.5, 0.6) is 5.75 Å². The zero-order chi connectivity index (χ0) is 17.9. The molecule has 4 heteroatoms. The molecule has 1 amide bonds. The van der Waals surface area contributed by atoms with Crippen LogP contribution < -0.4 is 10.1 Å². The first-order valence-corrected chi connectivity index (χ1v) is 10.4. The molecule has 1 saturated heterocycles. The lowest BCUT2D eigenvalue weighted by molar-refractivity contribution is -0.126. The second-order valence-corrected chi connectivity index (χ2v) is 8.38. The first-order chi connectivity index (χ1) is 12.8. The molecule has 2 aliphatic carbocycles. The van der Waals surface area contributed by atoms with Gasteiger partial charge in [-0.1, -0.05) is 31.0 Å². The molecular weight excluding hydrogens is 324 g/mol. The number of benzene rings is 1. The fourth-order valence-corrected chi connectivity index (χ4v) is 5.50. The number of fused-ring (bicyclic) bond motifs is 2. The lowest BCUT2D eigenvalue weighted by atomic mass is 9.88. The van der Waals surface area contributed by atoms with E-state index in [2.05, 4.69) is 22.3 Å². The first kappa shape index (κ1) is 17.8. The first-order valence-electron chi connectivity index (χ1n) is 10.4. The van der Waals surface area contributed by atoms with Crippen molar-refractivity contribution >= 4 is 5.91 Å². The van der Waals surface area contributed by atoms with Crippen molar-refractivity contribution in [2.75, 3.05) is 26.7 Å². The van der Waals surface area contributed by atoms with E-state index in [4.69, 9.17) is 4.74 Å². The molecule has 4 nitrogen and oxygen atoms in total. The van der Waals surface area contributed by atoms with Crippen molar-refractivity contribution in [3.05, 3.63) is 29.8 Å². The van der Waals surface area contributed by atoms with E-state index in [1.54, 1.807) is 7.11 Å². The second kappa shape index (κ2) is 7.99. The number of hydrogen-bond acceptors (Lipinski definition) is 3. The Kier molecular flexibility index (Phi) is 5.49. The third kappa shape index (κ3) is 3.62. The average Bonchev–Trinajstić information content (AvgIpc) is 3.33. The van der Waals surface area contributed by atoms with Crippen molar-refractivity contribution in [1.82, 2.24) is 10.2 Å². The Morgan fingerprint density at radius 2 is 2.00 bits per heavy atom. The Morgan fingerprint density at radius 3 is 2.69 bits per heavy atom. The Hall–Kier alpha value is -1.55. The predicted molar refractivity (Wildman–Crippen MR) is 103 cm³/mol. The summed E-state index contributed by atoms with van der Waals surface area (Å²) in [4.78, 5) is 15.4. The molecule has 142 valence electrons. The van der Waals surface area contributed by atoms with Crippen LogP contribution in [0.1, 0.15) is 56.6 Å². The number of likely N-dealkylation sites (tertiary alicyclic amines) is 1. The lowest BCUT2D eigenvalue weighted by Crippen LogP contribution is -2.43. The van der Waals surface area contributed by atoms with Gasteiger partial charge in [0, 0.05) is 18.0 Å². The summed E-state index contributed by atoms with van der Waals surface area (Å²) in [5.74, 6) is 2.92. The van der Waals surface area contributed by atoms with Crippen LogP contribution in [0, 0.1) is 17.8 Å². The molecule has 1 aromatic carbocycles. The zero-order valence-corrected chi connectivity index (χ0v) is 16.0. The summed E-state index contributed by atoms with van der Waals surface area (Å²) in [6.45, 7) is 2.90. The summed E-state index contributed by atoms with van der Waals surface area (Å²) in [5.41, 5.74) is 1.20. The van der Waals surface area contributed by atoms with Gasteiger partial charge in [0.05, 0.1) is 13.2 Å². The fourth-order valence-electron chi connectivity index (χ4n) is 5.50. The van der Waals surface area contributed by atoms with Crippen LogP contribution >= 0.6 is 0 Å². The monoisotopic (exact) mass is 356 g/mol. The number of rotatable bonds is 6. The number of piperidine rings is 1. The molecule has 3 aliphatic rings. The average molecular weight is 357 g/mol. The van der Waals surface area contributed by atoms with E-state index in [0.717, 1.165) is 31.2 Å². The third-order valence-corrected chi connectivity index (χ3v) is 6.87. The predicted octanol–water partition coefficient (Wildman–Crippen LogP) is 3.77. The molecule has 2 saturated carbocycles. The Bertz CT molecular complexity index is 626. The van der Waals surface area contributed by atoms with Gasteiger partial charge in [-0.05, 0) is 63.1 Å². The molecule has 1 heterocycles. The second-order valence-electron chi connectivity index (χ2n) is 8.38. The van der Waals surface area contributed by atoms with Crippen molar-refractivity contribution in [2.45, 2.75) is 51.0 Å². The lowest BCUT2D eigenvalue weighted by Gasteiger charge is -2.36. The highest BCUT2D eigenvalue weighted by Gasteiger charge is 2.43. The topological polar surface area (TPSA) is 41.6 Å². The quantitative estimate of drug-likeness (QED) is 0.843. The molecule has 0 radical (unpaired) electrons. The summed E-state index contributed by atoms with van der Waals surface area (Å²) in [6, 6.07) is 8.48. The molecule has 0 aromatic heterocycles. The van der Waals surface area contributed by atoms with Gasteiger partial charge in [-0.2, -0.15) is 0 Å². The smallest absolute Gasteiger partial charge is 0.223 e. The van der Waals surface area contributed by atoms with E-state index in [9.17, 15) is 4.79 Å². The van der Waals surface area contributed by atoms with Gasteiger partial charge in [-0.25, -0.2) is 0 Å². The van der Waals surface area contributed by atoms with Gasteiger partial charge in [0.15, 0.2) is 0 Å². The van der Waals surface area contributed by atoms with Gasteiger partial charge in [0.1, 0.15) is 5.75 Å². The minimum atomic E-state index is 0.203. The van der Waals surface area contributed by atoms with Crippen LogP contribution in [0.4, 0.5) is 0 Å². The third-order valence-electron chi connectivity index (χ3n) is 6.87. The maximum Gasteiger partial charge on any atom is 0.223 e. The molecule has 26 heavy (non-hydrogen) atoms. The van der Waals surface area contributed by atoms with Gasteiger partial charge in [-0.3, -0.25) is 9.69 Å². The number of nitrogens with one attached hydrogen (secondary N) is 1. The van der Waals surface area contributed by atoms with Gasteiger partial charge in [-0.15, -0.1) is 0 Å². The SMILES string of the molecule is COc1ccccc1[C@@H](CNC(=O)[C@@H]1C[C@H]2CC[C@H]1C2)N1CCCCC1. The molecule has 0 spiro atoms. The Labute approximate surface area is 157 Å². The maximum atomic E-state index is 12.8. The van der Waals surface area contributed by atoms with E-state index in [-0.39, 0.29) is 17.9 Å². The van der Waals surface area contributed by atoms with E-state index in [0.29, 0.717) is 12.5 Å². The van der Waals surface area contributed by atoms with Crippen molar-refractivity contribution < 1.29 is 9.53 Å². The van der Waals surface area contributed by atoms with Gasteiger partial charge in [0.2, 0.25) is 5.91 Å². The number of carbonyl (C=O) groups is 1. The van der Waals surface area contributed by atoms with Crippen molar-refractivity contribution in [2.24, 2.45) is 17.8 Å². The van der Waals surface area contributed by atoms with Crippen molar-refractivity contribution in [3.8, 4) is 5.75 Å². The summed E-state index contributed by atoms with van der Waals surface area (Å²) in [6.07, 6.45) is 8.78. The molecule has 2 bridgehead atoms. The number of amides is 1. The zero-order valence-electron chi connectivity index (χ0n) is 16.0. The highest BCUT2D eigenvalue weighted by molar-refractivity contribution is 5.79. The van der Waals surface area contributed by atoms with Crippen molar-refractivity contribution in [3.63, 3.8) is 0 Å². The number of para-hydroxylation sites is 1. The normalized spacial score (nSPS) is 29.5. The molecule has 0 unspecified atom stereocenters. The largest absolute Gasteiger partial charge is 0.496 e. The number of hydrogen-bond donors (Lipinski definition) is 1. The number of methoxy groups -OCH3 is 1. The van der Waals surface area contributed by atoms with Gasteiger partial charge >= 0.3 is 0 Å². The Morgan fingerprint density at radius 1 is 1.19 bits per heavy atom. The van der Waals surface area contributed by atoms with Crippen molar-refractivity contribution in [1.29, 1.82) is 0 Å². The highest BCUT2D eigenvalue weighted by Crippen LogP contribution is 2.48. The van der Waals surface area contributed by atoms with Crippen LogP contribution in [0.25, 0.3) is 0 Å². The van der Waals surface area contributed by atoms with Crippen LogP contribution in [-0.2, 0) is 4.79 Å². The maximum absolute atomic E-state index is 12.8. The minimum Gasteiger partial charge on any atom is -0.496 e. The Balaban J connectivity index is 1.47. The van der Waals surface area contributed by atoms with E-state index in [1.165, 1.54) is 44.1 Å². The van der Waals surface area contributed by atoms with Gasteiger partial charge < -0.3 is 10.1 Å². The standard InChI is InChI=1S/C22H32N2O2/c1-26-21-8-4-3-7-18(21)20(24-11-5-2-6-12-24)15-23-22(25)19-14-16-9-10-17(19)13-16/h3-4,7-8,16-17,19-20H,2,5-6,9-15H2,1H3,(H,23,25)/t16-,17-,19+,20+/m0/s1. The fraction of sp³-hybridized carbons (Fsp3) is 0.682. The molecule has 1 aromatic rings. The summed E-state index contributed by atoms with van der Waals surface area (Å²) >= 11 is 0. The van der Waals surface area contributed by atoms with E-state index in [1.807, 2.05) is 12.1 Å². The summed E-state index contributed by atoms with van der Waals surface area (Å²) < 4.78 is 5.62. The summed E-state index contributed by atoms with van der Waals surface area (Å²) in [7, 11) is 1.74. The van der Waals surface area contributed by atoms with Crippen LogP contribution in [0.2, 0.25) is 0 Å². The van der Waals surface area contributed by atoms with E-state index >= 15 is 0 Å². The molecule has 1 aliphatic heterocycles. The van der Waals surface area contributed by atoms with Crippen LogP contribution in [0.15, 0.2) is 24.3 Å². The van der Waals surface area contributed by atoms with Gasteiger partial charge in [0.25, 0.3) is 0 Å². The number of ether oxygens (including phenoxy) is 1. The van der Waals surface area contributed by atoms with E-state index < -0.39 is 0 Å². The minimum absolute atomic E-state index is 0.203. The molecule has 4 atom stereocenters.